The zero-order valence-electron chi connectivity index (χ0n) is 9.25. The molecular formula is C11H17FN4. The van der Waals surface area contributed by atoms with Crippen LogP contribution in [0.15, 0.2) is 6.20 Å². The number of nitrogens with zero attached hydrogens (tertiary/aromatic N) is 2. The minimum atomic E-state index is -0.432. The number of rotatable bonds is 2. The lowest BCUT2D eigenvalue weighted by molar-refractivity contribution is 0.587. The van der Waals surface area contributed by atoms with Crippen molar-refractivity contribution in [2.75, 3.05) is 11.1 Å². The smallest absolute Gasteiger partial charge is 0.222 e. The molecule has 0 bridgehead atoms. The fourth-order valence-electron chi connectivity index (χ4n) is 2.10. The number of nitrogens with one attached hydrogen (secondary N) is 1. The first-order valence-corrected chi connectivity index (χ1v) is 5.80. The number of hydrogen-bond acceptors (Lipinski definition) is 4. The summed E-state index contributed by atoms with van der Waals surface area (Å²) in [5.41, 5.74) is 5.43. The van der Waals surface area contributed by atoms with Gasteiger partial charge in [0.25, 0.3) is 0 Å². The van der Waals surface area contributed by atoms with Crippen molar-refractivity contribution in [3.8, 4) is 0 Å². The average Bonchev–Trinajstić information content (AvgIpc) is 2.52. The lowest BCUT2D eigenvalue weighted by Gasteiger charge is -2.17. The minimum absolute atomic E-state index is 0.109. The molecule has 16 heavy (non-hydrogen) atoms. The van der Waals surface area contributed by atoms with Crippen LogP contribution in [-0.2, 0) is 0 Å². The summed E-state index contributed by atoms with van der Waals surface area (Å²) in [4.78, 5) is 7.48. The number of halogens is 1. The zero-order valence-corrected chi connectivity index (χ0v) is 9.25. The molecule has 1 heterocycles. The van der Waals surface area contributed by atoms with Gasteiger partial charge < -0.3 is 11.1 Å². The Hall–Kier alpha value is -1.39. The van der Waals surface area contributed by atoms with Crippen LogP contribution in [0.25, 0.3) is 0 Å². The van der Waals surface area contributed by atoms with Crippen molar-refractivity contribution in [1.29, 1.82) is 0 Å². The highest BCUT2D eigenvalue weighted by Crippen LogP contribution is 2.21. The van der Waals surface area contributed by atoms with Crippen molar-refractivity contribution in [3.63, 3.8) is 0 Å². The highest BCUT2D eigenvalue weighted by atomic mass is 19.1. The second-order valence-corrected chi connectivity index (χ2v) is 4.26. The van der Waals surface area contributed by atoms with Gasteiger partial charge in [0.05, 0.1) is 6.20 Å². The van der Waals surface area contributed by atoms with E-state index in [0.717, 1.165) is 19.0 Å². The molecule has 1 saturated carbocycles. The number of nitrogens with two attached hydrogens (primary N) is 1. The number of nitrogen functional groups attached to an aromatic ring is 1. The summed E-state index contributed by atoms with van der Waals surface area (Å²) < 4.78 is 13.4. The van der Waals surface area contributed by atoms with Crippen molar-refractivity contribution in [1.82, 2.24) is 9.97 Å². The molecule has 3 N–H and O–H groups in total. The SMILES string of the molecule is Nc1ncc(F)c(NC2CCCCCC2)n1. The Morgan fingerprint density at radius 2 is 1.94 bits per heavy atom. The summed E-state index contributed by atoms with van der Waals surface area (Å²) >= 11 is 0. The third-order valence-electron chi connectivity index (χ3n) is 2.96. The van der Waals surface area contributed by atoms with Crippen LogP contribution in [0, 0.1) is 5.82 Å². The van der Waals surface area contributed by atoms with Crippen molar-refractivity contribution in [2.45, 2.75) is 44.6 Å². The van der Waals surface area contributed by atoms with Gasteiger partial charge in [0.2, 0.25) is 5.95 Å². The monoisotopic (exact) mass is 224 g/mol. The summed E-state index contributed by atoms with van der Waals surface area (Å²) in [6, 6.07) is 0.311. The van der Waals surface area contributed by atoms with Gasteiger partial charge in [-0.25, -0.2) is 9.37 Å². The first-order valence-electron chi connectivity index (χ1n) is 5.80. The van der Waals surface area contributed by atoms with E-state index in [1.807, 2.05) is 0 Å². The molecular weight excluding hydrogens is 207 g/mol. The molecule has 1 aliphatic rings. The van der Waals surface area contributed by atoms with Crippen molar-refractivity contribution in [3.05, 3.63) is 12.0 Å². The van der Waals surface area contributed by atoms with E-state index >= 15 is 0 Å². The van der Waals surface area contributed by atoms with Crippen molar-refractivity contribution in [2.24, 2.45) is 0 Å². The van der Waals surface area contributed by atoms with Crippen molar-refractivity contribution >= 4 is 11.8 Å². The topological polar surface area (TPSA) is 63.8 Å². The van der Waals surface area contributed by atoms with Gasteiger partial charge >= 0.3 is 0 Å². The second kappa shape index (κ2) is 5.09. The highest BCUT2D eigenvalue weighted by Gasteiger charge is 2.14. The van der Waals surface area contributed by atoms with Gasteiger partial charge in [-0.3, -0.25) is 0 Å². The molecule has 0 spiro atoms. The van der Waals surface area contributed by atoms with E-state index in [4.69, 9.17) is 5.73 Å². The molecule has 1 aliphatic carbocycles. The fourth-order valence-corrected chi connectivity index (χ4v) is 2.10. The van der Waals surface area contributed by atoms with Crippen LogP contribution in [0.3, 0.4) is 0 Å². The predicted octanol–water partition coefficient (Wildman–Crippen LogP) is 2.33. The molecule has 5 heteroatoms. The number of anilines is 2. The summed E-state index contributed by atoms with van der Waals surface area (Å²) in [6.45, 7) is 0. The van der Waals surface area contributed by atoms with E-state index in [2.05, 4.69) is 15.3 Å². The maximum atomic E-state index is 13.4. The first kappa shape index (κ1) is 11.1. The summed E-state index contributed by atoms with van der Waals surface area (Å²) in [7, 11) is 0. The summed E-state index contributed by atoms with van der Waals surface area (Å²) in [5.74, 6) is -0.0876. The van der Waals surface area contributed by atoms with Gasteiger partial charge in [0.1, 0.15) is 0 Å². The predicted molar refractivity (Wildman–Crippen MR) is 61.5 cm³/mol. The Morgan fingerprint density at radius 3 is 2.62 bits per heavy atom. The van der Waals surface area contributed by atoms with Gasteiger partial charge in [-0.05, 0) is 12.8 Å². The molecule has 1 aromatic rings. The molecule has 2 rings (SSSR count). The second-order valence-electron chi connectivity index (χ2n) is 4.26. The summed E-state index contributed by atoms with van der Waals surface area (Å²) in [5, 5.41) is 3.12. The average molecular weight is 224 g/mol. The molecule has 4 nitrogen and oxygen atoms in total. The third kappa shape index (κ3) is 2.81. The van der Waals surface area contributed by atoms with E-state index in [9.17, 15) is 4.39 Å². The summed E-state index contributed by atoms with van der Waals surface area (Å²) in [6.07, 6.45) is 8.19. The third-order valence-corrected chi connectivity index (χ3v) is 2.96. The van der Waals surface area contributed by atoms with Crippen LogP contribution in [0.4, 0.5) is 16.2 Å². The normalized spacial score (nSPS) is 18.1. The quantitative estimate of drug-likeness (QED) is 0.757. The van der Waals surface area contributed by atoms with E-state index in [1.54, 1.807) is 0 Å². The largest absolute Gasteiger partial charge is 0.368 e. The van der Waals surface area contributed by atoms with Gasteiger partial charge in [-0.15, -0.1) is 0 Å². The lowest BCUT2D eigenvalue weighted by Crippen LogP contribution is -2.20. The van der Waals surface area contributed by atoms with Gasteiger partial charge in [0, 0.05) is 6.04 Å². The van der Waals surface area contributed by atoms with E-state index in [-0.39, 0.29) is 11.8 Å². The van der Waals surface area contributed by atoms with Crippen LogP contribution in [-0.4, -0.2) is 16.0 Å². The van der Waals surface area contributed by atoms with Gasteiger partial charge in [-0.2, -0.15) is 4.98 Å². The molecule has 0 radical (unpaired) electrons. The van der Waals surface area contributed by atoms with Gasteiger partial charge in [-0.1, -0.05) is 25.7 Å². The molecule has 0 amide bonds. The standard InChI is InChI=1S/C11H17FN4/c12-9-7-14-11(13)16-10(9)15-8-5-3-1-2-4-6-8/h7-8H,1-6H2,(H3,13,14,15,16). The number of aromatic nitrogens is 2. The lowest BCUT2D eigenvalue weighted by atomic mass is 10.1. The Morgan fingerprint density at radius 1 is 1.25 bits per heavy atom. The Labute approximate surface area is 94.5 Å². The van der Waals surface area contributed by atoms with Crippen molar-refractivity contribution < 1.29 is 4.39 Å². The molecule has 0 saturated heterocycles. The Kier molecular flexibility index (Phi) is 3.54. The molecule has 0 atom stereocenters. The molecule has 88 valence electrons. The molecule has 1 aromatic heterocycles. The maximum Gasteiger partial charge on any atom is 0.222 e. The van der Waals surface area contributed by atoms with Crippen LogP contribution in [0.5, 0.6) is 0 Å². The zero-order chi connectivity index (χ0) is 11.4. The molecule has 0 aromatic carbocycles. The highest BCUT2D eigenvalue weighted by molar-refractivity contribution is 5.40. The van der Waals surface area contributed by atoms with Crippen LogP contribution >= 0.6 is 0 Å². The van der Waals surface area contributed by atoms with Crippen LogP contribution in [0.2, 0.25) is 0 Å². The van der Waals surface area contributed by atoms with E-state index in [1.165, 1.54) is 25.7 Å². The maximum absolute atomic E-state index is 13.4. The molecule has 1 fully saturated rings. The van der Waals surface area contributed by atoms with E-state index < -0.39 is 5.82 Å². The molecule has 0 unspecified atom stereocenters. The Balaban J connectivity index is 2.04. The first-order chi connectivity index (χ1) is 7.75. The minimum Gasteiger partial charge on any atom is -0.368 e. The molecule has 0 aliphatic heterocycles. The van der Waals surface area contributed by atoms with Crippen LogP contribution < -0.4 is 11.1 Å². The number of hydrogen-bond donors (Lipinski definition) is 2. The van der Waals surface area contributed by atoms with Gasteiger partial charge in [0.15, 0.2) is 11.6 Å². The van der Waals surface area contributed by atoms with E-state index in [0.29, 0.717) is 6.04 Å². The van der Waals surface area contributed by atoms with Crippen LogP contribution in [0.1, 0.15) is 38.5 Å². The fraction of sp³-hybridized carbons (Fsp3) is 0.636. The Bertz CT molecular complexity index is 348.